The molecule has 2 N–H and O–H groups in total. The van der Waals surface area contributed by atoms with Crippen LogP contribution >= 0.6 is 0 Å². The molecule has 1 fully saturated rings. The summed E-state index contributed by atoms with van der Waals surface area (Å²) >= 11 is 0. The molecule has 0 saturated carbocycles. The van der Waals surface area contributed by atoms with Gasteiger partial charge in [0, 0.05) is 44.1 Å². The molecule has 2 aliphatic heterocycles. The second-order valence-electron chi connectivity index (χ2n) is 8.75. The van der Waals surface area contributed by atoms with Crippen LogP contribution in [0.2, 0.25) is 0 Å². The number of halogens is 1. The number of rotatable bonds is 6. The van der Waals surface area contributed by atoms with Gasteiger partial charge >= 0.3 is 12.0 Å². The molecular formula is C26H31FN4O3. The molecular weight excluding hydrogens is 435 g/mol. The fraction of sp³-hybridized carbons (Fsp3) is 0.385. The summed E-state index contributed by atoms with van der Waals surface area (Å²) in [6.07, 6.45) is 0. The molecule has 8 heteroatoms. The zero-order valence-corrected chi connectivity index (χ0v) is 19.9. The summed E-state index contributed by atoms with van der Waals surface area (Å²) in [7, 11) is 0. The molecule has 34 heavy (non-hydrogen) atoms. The molecule has 1 saturated heterocycles. The van der Waals surface area contributed by atoms with Gasteiger partial charge in [-0.3, -0.25) is 4.90 Å². The molecule has 2 aliphatic rings. The number of hydrogen-bond donors (Lipinski definition) is 2. The van der Waals surface area contributed by atoms with E-state index >= 15 is 0 Å². The van der Waals surface area contributed by atoms with Crippen LogP contribution in [0.1, 0.15) is 29.7 Å². The highest BCUT2D eigenvalue weighted by Crippen LogP contribution is 2.29. The minimum atomic E-state index is -0.708. The van der Waals surface area contributed by atoms with Crippen LogP contribution in [0.4, 0.5) is 14.9 Å². The number of piperazine rings is 1. The number of hydrogen-bond acceptors (Lipinski definition) is 5. The number of ether oxygens (including phenoxy) is 1. The first kappa shape index (κ1) is 23.8. The highest BCUT2D eigenvalue weighted by Gasteiger charge is 2.34. The van der Waals surface area contributed by atoms with Gasteiger partial charge in [0.15, 0.2) is 0 Å². The Morgan fingerprint density at radius 1 is 1.09 bits per heavy atom. The fourth-order valence-corrected chi connectivity index (χ4v) is 4.63. The third-order valence-corrected chi connectivity index (χ3v) is 6.30. The Balaban J connectivity index is 1.55. The molecule has 1 atom stereocenters. The summed E-state index contributed by atoms with van der Waals surface area (Å²) < 4.78 is 18.8. The Bertz CT molecular complexity index is 1090. The van der Waals surface area contributed by atoms with Crippen molar-refractivity contribution in [2.75, 3.05) is 44.2 Å². The lowest BCUT2D eigenvalue weighted by Gasteiger charge is -2.38. The van der Waals surface area contributed by atoms with Gasteiger partial charge in [-0.1, -0.05) is 29.8 Å². The molecule has 0 aliphatic carbocycles. The molecule has 2 heterocycles. The molecule has 0 radical (unpaired) electrons. The van der Waals surface area contributed by atoms with E-state index < -0.39 is 18.0 Å². The van der Waals surface area contributed by atoms with Crippen molar-refractivity contribution in [1.82, 2.24) is 15.5 Å². The fourth-order valence-electron chi connectivity index (χ4n) is 4.63. The van der Waals surface area contributed by atoms with Crippen molar-refractivity contribution in [3.8, 4) is 0 Å². The van der Waals surface area contributed by atoms with Crippen LogP contribution in [-0.4, -0.2) is 56.2 Å². The smallest absolute Gasteiger partial charge is 0.338 e. The van der Waals surface area contributed by atoms with Crippen LogP contribution < -0.4 is 15.5 Å². The van der Waals surface area contributed by atoms with Crippen molar-refractivity contribution >= 4 is 17.7 Å². The van der Waals surface area contributed by atoms with Crippen molar-refractivity contribution in [1.29, 1.82) is 0 Å². The minimum Gasteiger partial charge on any atom is -0.463 e. The average molecular weight is 467 g/mol. The Hall–Kier alpha value is -3.39. The van der Waals surface area contributed by atoms with Crippen LogP contribution in [-0.2, 0) is 9.53 Å². The lowest BCUT2D eigenvalue weighted by molar-refractivity contribution is -0.139. The monoisotopic (exact) mass is 466 g/mol. The first-order valence-electron chi connectivity index (χ1n) is 11.6. The maximum Gasteiger partial charge on any atom is 0.338 e. The van der Waals surface area contributed by atoms with Crippen LogP contribution in [0, 0.1) is 19.7 Å². The number of carbonyl (C=O) groups excluding carboxylic acids is 2. The molecule has 2 amide bonds. The number of urea groups is 1. The second kappa shape index (κ2) is 10.3. The number of carbonyl (C=O) groups is 2. The van der Waals surface area contributed by atoms with E-state index in [0.29, 0.717) is 23.4 Å². The van der Waals surface area contributed by atoms with Crippen molar-refractivity contribution in [2.45, 2.75) is 26.8 Å². The third kappa shape index (κ3) is 5.22. The molecule has 0 spiro atoms. The number of benzene rings is 2. The van der Waals surface area contributed by atoms with Gasteiger partial charge in [-0.15, -0.1) is 0 Å². The molecule has 0 aromatic heterocycles. The van der Waals surface area contributed by atoms with E-state index in [1.807, 2.05) is 0 Å². The molecule has 0 bridgehead atoms. The summed E-state index contributed by atoms with van der Waals surface area (Å²) in [5.41, 5.74) is 5.24. The van der Waals surface area contributed by atoms with Gasteiger partial charge < -0.3 is 20.3 Å². The third-order valence-electron chi connectivity index (χ3n) is 6.30. The van der Waals surface area contributed by atoms with E-state index in [1.165, 1.54) is 28.9 Å². The number of esters is 1. The maximum absolute atomic E-state index is 13.5. The van der Waals surface area contributed by atoms with Gasteiger partial charge in [0.05, 0.1) is 18.2 Å². The van der Waals surface area contributed by atoms with Crippen LogP contribution in [0.25, 0.3) is 0 Å². The Morgan fingerprint density at radius 2 is 1.79 bits per heavy atom. The maximum atomic E-state index is 13.5. The molecule has 180 valence electrons. The summed E-state index contributed by atoms with van der Waals surface area (Å²) in [5.74, 6) is -0.874. The van der Waals surface area contributed by atoms with Crippen LogP contribution in [0.15, 0.2) is 53.7 Å². The number of amides is 2. The summed E-state index contributed by atoms with van der Waals surface area (Å²) in [6.45, 7) is 9.87. The Labute approximate surface area is 199 Å². The van der Waals surface area contributed by atoms with Gasteiger partial charge in [-0.05, 0) is 50.1 Å². The lowest BCUT2D eigenvalue weighted by Crippen LogP contribution is -2.52. The predicted octanol–water partition coefficient (Wildman–Crippen LogP) is 3.44. The molecule has 2 aromatic rings. The van der Waals surface area contributed by atoms with Crippen LogP contribution in [0.3, 0.4) is 0 Å². The topological polar surface area (TPSA) is 73.9 Å². The van der Waals surface area contributed by atoms with E-state index in [1.54, 1.807) is 19.1 Å². The van der Waals surface area contributed by atoms with E-state index in [2.05, 4.69) is 52.5 Å². The Kier molecular flexibility index (Phi) is 7.17. The van der Waals surface area contributed by atoms with Crippen LogP contribution in [0.5, 0.6) is 0 Å². The van der Waals surface area contributed by atoms with Crippen molar-refractivity contribution in [3.63, 3.8) is 0 Å². The van der Waals surface area contributed by atoms with Crippen molar-refractivity contribution in [2.24, 2.45) is 0 Å². The number of nitrogens with zero attached hydrogens (tertiary/aromatic N) is 2. The van der Waals surface area contributed by atoms with Gasteiger partial charge in [0.25, 0.3) is 0 Å². The first-order chi connectivity index (χ1) is 16.4. The highest BCUT2D eigenvalue weighted by molar-refractivity contribution is 5.95. The minimum absolute atomic E-state index is 0.217. The normalized spacial score (nSPS) is 19.0. The first-order valence-corrected chi connectivity index (χ1v) is 11.6. The zero-order chi connectivity index (χ0) is 24.2. The van der Waals surface area contributed by atoms with E-state index in [9.17, 15) is 14.0 Å². The predicted molar refractivity (Wildman–Crippen MR) is 129 cm³/mol. The van der Waals surface area contributed by atoms with Crippen molar-refractivity contribution < 1.29 is 18.7 Å². The summed E-state index contributed by atoms with van der Waals surface area (Å²) in [5, 5.41) is 5.61. The highest BCUT2D eigenvalue weighted by atomic mass is 19.1. The average Bonchev–Trinajstić information content (AvgIpc) is 2.80. The SMILES string of the molecule is CCOC(=O)C1=C(CN2CCN(c3ccc(C)cc3C)CC2)NC(=O)N[C@H]1c1ccc(F)cc1. The van der Waals surface area contributed by atoms with E-state index in [4.69, 9.17) is 4.74 Å². The van der Waals surface area contributed by atoms with E-state index in [0.717, 1.165) is 26.2 Å². The molecule has 4 rings (SSSR count). The Morgan fingerprint density at radius 3 is 2.44 bits per heavy atom. The van der Waals surface area contributed by atoms with Gasteiger partial charge in [0.1, 0.15) is 5.82 Å². The van der Waals surface area contributed by atoms with E-state index in [-0.39, 0.29) is 12.4 Å². The standard InChI is InChI=1S/C26H31FN4O3/c1-4-34-25(32)23-21(28-26(33)29-24(23)19-6-8-20(27)9-7-19)16-30-11-13-31(14-12-30)22-10-5-17(2)15-18(22)3/h5-10,15,24H,4,11-14,16H2,1-3H3,(H2,28,29,33)/t24-/m0/s1. The molecule has 0 unspecified atom stereocenters. The zero-order valence-electron chi connectivity index (χ0n) is 19.9. The molecule has 2 aromatic carbocycles. The van der Waals surface area contributed by atoms with Gasteiger partial charge in [-0.2, -0.15) is 0 Å². The number of anilines is 1. The number of aryl methyl sites for hydroxylation is 2. The van der Waals surface area contributed by atoms with Gasteiger partial charge in [0.2, 0.25) is 0 Å². The quantitative estimate of drug-likeness (QED) is 0.638. The largest absolute Gasteiger partial charge is 0.463 e. The van der Waals surface area contributed by atoms with Gasteiger partial charge in [-0.25, -0.2) is 14.0 Å². The molecule has 7 nitrogen and oxygen atoms in total. The second-order valence-corrected chi connectivity index (χ2v) is 8.75. The number of nitrogens with one attached hydrogen (secondary N) is 2. The summed E-state index contributed by atoms with van der Waals surface area (Å²) in [4.78, 5) is 30.0. The van der Waals surface area contributed by atoms with Crippen molar-refractivity contribution in [3.05, 3.63) is 76.2 Å². The summed E-state index contributed by atoms with van der Waals surface area (Å²) in [6, 6.07) is 11.2. The lowest BCUT2D eigenvalue weighted by atomic mass is 9.95.